The molecule has 0 aliphatic rings. The SMILES string of the molecule is CCNC(Cc1ncnn1C(C)C)c1cc(Cl)ccc1I. The third kappa shape index (κ3) is 4.17. The minimum atomic E-state index is 0.183. The van der Waals surface area contributed by atoms with E-state index in [0.29, 0.717) is 6.04 Å². The number of benzene rings is 1. The van der Waals surface area contributed by atoms with Crippen molar-refractivity contribution in [3.63, 3.8) is 0 Å². The molecule has 1 N–H and O–H groups in total. The Kier molecular flexibility index (Phi) is 6.01. The summed E-state index contributed by atoms with van der Waals surface area (Å²) in [7, 11) is 0. The minimum Gasteiger partial charge on any atom is -0.310 e. The van der Waals surface area contributed by atoms with Gasteiger partial charge in [-0.1, -0.05) is 18.5 Å². The molecule has 2 aromatic rings. The van der Waals surface area contributed by atoms with Crippen molar-refractivity contribution in [2.75, 3.05) is 6.54 Å². The van der Waals surface area contributed by atoms with E-state index in [2.05, 4.69) is 64.8 Å². The lowest BCUT2D eigenvalue weighted by Crippen LogP contribution is -2.25. The van der Waals surface area contributed by atoms with Crippen LogP contribution in [0.15, 0.2) is 24.5 Å². The standard InChI is InChI=1S/C15H20ClIN4/c1-4-18-14(12-7-11(16)5-6-13(12)17)8-15-19-9-20-21(15)10(2)3/h5-7,9-10,14,18H,4,8H2,1-3H3. The first-order valence-corrected chi connectivity index (χ1v) is 8.55. The average Bonchev–Trinajstić information content (AvgIpc) is 2.89. The molecule has 0 aliphatic heterocycles. The molecule has 1 unspecified atom stereocenters. The van der Waals surface area contributed by atoms with E-state index in [1.807, 2.05) is 16.8 Å². The Labute approximate surface area is 144 Å². The van der Waals surface area contributed by atoms with Crippen molar-refractivity contribution < 1.29 is 0 Å². The molecule has 0 saturated carbocycles. The number of hydrogen-bond acceptors (Lipinski definition) is 3. The Bertz CT molecular complexity index is 597. The van der Waals surface area contributed by atoms with Crippen molar-refractivity contribution in [3.8, 4) is 0 Å². The quantitative estimate of drug-likeness (QED) is 0.721. The number of nitrogens with zero attached hydrogens (tertiary/aromatic N) is 3. The maximum Gasteiger partial charge on any atom is 0.138 e. The van der Waals surface area contributed by atoms with E-state index in [0.717, 1.165) is 23.8 Å². The van der Waals surface area contributed by atoms with Gasteiger partial charge in [0.2, 0.25) is 0 Å². The highest BCUT2D eigenvalue weighted by atomic mass is 127. The Hall–Kier alpha value is -0.660. The summed E-state index contributed by atoms with van der Waals surface area (Å²) >= 11 is 8.51. The van der Waals surface area contributed by atoms with Crippen LogP contribution in [0.2, 0.25) is 5.02 Å². The van der Waals surface area contributed by atoms with E-state index >= 15 is 0 Å². The smallest absolute Gasteiger partial charge is 0.138 e. The molecule has 0 spiro atoms. The molecule has 0 radical (unpaired) electrons. The van der Waals surface area contributed by atoms with Crippen LogP contribution in [0.25, 0.3) is 0 Å². The summed E-state index contributed by atoms with van der Waals surface area (Å²) in [4.78, 5) is 4.41. The van der Waals surface area contributed by atoms with Gasteiger partial charge in [-0.3, -0.25) is 0 Å². The van der Waals surface area contributed by atoms with Crippen LogP contribution in [-0.4, -0.2) is 21.3 Å². The molecule has 4 nitrogen and oxygen atoms in total. The van der Waals surface area contributed by atoms with Gasteiger partial charge in [0.25, 0.3) is 0 Å². The van der Waals surface area contributed by atoms with Crippen molar-refractivity contribution in [1.29, 1.82) is 0 Å². The maximum absolute atomic E-state index is 6.16. The second-order valence-electron chi connectivity index (χ2n) is 5.19. The molecular weight excluding hydrogens is 399 g/mol. The van der Waals surface area contributed by atoms with Crippen LogP contribution in [0, 0.1) is 3.57 Å². The summed E-state index contributed by atoms with van der Waals surface area (Å²) in [6, 6.07) is 6.50. The first-order valence-electron chi connectivity index (χ1n) is 7.09. The van der Waals surface area contributed by atoms with Crippen molar-refractivity contribution in [2.45, 2.75) is 39.3 Å². The van der Waals surface area contributed by atoms with Crippen LogP contribution in [0.1, 0.15) is 44.2 Å². The number of likely N-dealkylation sites (N-methyl/N-ethyl adjacent to an activating group) is 1. The summed E-state index contributed by atoms with van der Waals surface area (Å²) in [5, 5.41) is 8.60. The van der Waals surface area contributed by atoms with E-state index in [1.165, 1.54) is 9.13 Å². The van der Waals surface area contributed by atoms with Crippen molar-refractivity contribution >= 4 is 34.2 Å². The van der Waals surface area contributed by atoms with Gasteiger partial charge in [0.15, 0.2) is 0 Å². The van der Waals surface area contributed by atoms with Crippen LogP contribution in [0.3, 0.4) is 0 Å². The summed E-state index contributed by atoms with van der Waals surface area (Å²) in [6.07, 6.45) is 2.42. The highest BCUT2D eigenvalue weighted by Gasteiger charge is 2.18. The Morgan fingerprint density at radius 3 is 2.81 bits per heavy atom. The van der Waals surface area contributed by atoms with Crippen LogP contribution in [-0.2, 0) is 6.42 Å². The van der Waals surface area contributed by atoms with Crippen molar-refractivity contribution in [3.05, 3.63) is 44.5 Å². The lowest BCUT2D eigenvalue weighted by molar-refractivity contribution is 0.468. The molecular formula is C15H20ClIN4. The van der Waals surface area contributed by atoms with E-state index in [9.17, 15) is 0 Å². The number of nitrogens with one attached hydrogen (secondary N) is 1. The average molecular weight is 419 g/mol. The molecule has 0 amide bonds. The predicted molar refractivity (Wildman–Crippen MR) is 94.7 cm³/mol. The predicted octanol–water partition coefficient (Wildman–Crippen LogP) is 4.01. The Morgan fingerprint density at radius 1 is 1.38 bits per heavy atom. The normalized spacial score (nSPS) is 12.9. The third-order valence-electron chi connectivity index (χ3n) is 3.31. The fourth-order valence-electron chi connectivity index (χ4n) is 2.35. The van der Waals surface area contributed by atoms with Crippen molar-refractivity contribution in [1.82, 2.24) is 20.1 Å². The van der Waals surface area contributed by atoms with Gasteiger partial charge in [0.1, 0.15) is 12.2 Å². The zero-order chi connectivity index (χ0) is 15.4. The summed E-state index contributed by atoms with van der Waals surface area (Å²) in [5.41, 5.74) is 1.21. The molecule has 0 bridgehead atoms. The topological polar surface area (TPSA) is 42.7 Å². The number of halogens is 2. The van der Waals surface area contributed by atoms with Gasteiger partial charge in [0.05, 0.1) is 0 Å². The van der Waals surface area contributed by atoms with Gasteiger partial charge < -0.3 is 5.32 Å². The number of hydrogen-bond donors (Lipinski definition) is 1. The van der Waals surface area contributed by atoms with Gasteiger partial charge in [-0.15, -0.1) is 0 Å². The first kappa shape index (κ1) is 16.7. The second-order valence-corrected chi connectivity index (χ2v) is 6.79. The molecule has 0 aliphatic carbocycles. The van der Waals surface area contributed by atoms with Gasteiger partial charge in [-0.25, -0.2) is 9.67 Å². The summed E-state index contributed by atoms with van der Waals surface area (Å²) < 4.78 is 3.18. The second kappa shape index (κ2) is 7.56. The van der Waals surface area contributed by atoms with E-state index in [-0.39, 0.29) is 6.04 Å². The number of aromatic nitrogens is 3. The van der Waals surface area contributed by atoms with Gasteiger partial charge >= 0.3 is 0 Å². The Balaban J connectivity index is 2.31. The largest absolute Gasteiger partial charge is 0.310 e. The molecule has 1 atom stereocenters. The van der Waals surface area contributed by atoms with Gasteiger partial charge in [0, 0.05) is 27.1 Å². The Morgan fingerprint density at radius 2 is 2.14 bits per heavy atom. The fourth-order valence-corrected chi connectivity index (χ4v) is 3.25. The third-order valence-corrected chi connectivity index (χ3v) is 4.52. The highest BCUT2D eigenvalue weighted by Crippen LogP contribution is 2.26. The lowest BCUT2D eigenvalue weighted by Gasteiger charge is -2.20. The summed E-state index contributed by atoms with van der Waals surface area (Å²) in [5.74, 6) is 0.992. The van der Waals surface area contributed by atoms with E-state index in [1.54, 1.807) is 6.33 Å². The molecule has 0 saturated heterocycles. The molecule has 1 aromatic carbocycles. The van der Waals surface area contributed by atoms with Crippen LogP contribution < -0.4 is 5.32 Å². The van der Waals surface area contributed by atoms with Crippen LogP contribution in [0.4, 0.5) is 0 Å². The highest BCUT2D eigenvalue weighted by molar-refractivity contribution is 14.1. The van der Waals surface area contributed by atoms with E-state index in [4.69, 9.17) is 11.6 Å². The molecule has 114 valence electrons. The molecule has 6 heteroatoms. The van der Waals surface area contributed by atoms with E-state index < -0.39 is 0 Å². The van der Waals surface area contributed by atoms with Crippen LogP contribution >= 0.6 is 34.2 Å². The zero-order valence-corrected chi connectivity index (χ0v) is 15.4. The lowest BCUT2D eigenvalue weighted by atomic mass is 10.0. The van der Waals surface area contributed by atoms with Crippen molar-refractivity contribution in [2.24, 2.45) is 0 Å². The first-order chi connectivity index (χ1) is 10.0. The maximum atomic E-state index is 6.16. The molecule has 21 heavy (non-hydrogen) atoms. The number of rotatable bonds is 6. The molecule has 0 fully saturated rings. The minimum absolute atomic E-state index is 0.183. The fraction of sp³-hybridized carbons (Fsp3) is 0.467. The molecule has 1 aromatic heterocycles. The monoisotopic (exact) mass is 418 g/mol. The zero-order valence-electron chi connectivity index (χ0n) is 12.5. The summed E-state index contributed by atoms with van der Waals surface area (Å²) in [6.45, 7) is 7.23. The van der Waals surface area contributed by atoms with Crippen LogP contribution in [0.5, 0.6) is 0 Å². The molecule has 2 rings (SSSR count). The van der Waals surface area contributed by atoms with Gasteiger partial charge in [-0.05, 0) is 66.7 Å². The van der Waals surface area contributed by atoms with Gasteiger partial charge in [-0.2, -0.15) is 5.10 Å². The molecule has 1 heterocycles.